The Morgan fingerprint density at radius 1 is 0.891 bits per heavy atom. The van der Waals surface area contributed by atoms with Crippen LogP contribution in [0.2, 0.25) is 0 Å². The van der Waals surface area contributed by atoms with Crippen molar-refractivity contribution in [3.8, 4) is 0 Å². The molecule has 238 valence electrons. The molecular formula is C36H39N5O5. The largest absolute Gasteiger partial charge is 0.465 e. The first-order valence-electron chi connectivity index (χ1n) is 15.8. The van der Waals surface area contributed by atoms with Crippen molar-refractivity contribution in [2.45, 2.75) is 44.6 Å². The number of esters is 1. The SMILES string of the molecule is COC(=O)c1cc2c(cc1C)/C(=C(/Nc1ccc(C(=O)N3CCC(C(N)=O)(N4CCCCC4)CC3)cc1)c1ccccc1)C(=O)N2. The van der Waals surface area contributed by atoms with Crippen LogP contribution in [0.15, 0.2) is 66.7 Å². The highest BCUT2D eigenvalue weighted by molar-refractivity contribution is 6.37. The Balaban J connectivity index is 1.24. The van der Waals surface area contributed by atoms with E-state index in [2.05, 4.69) is 15.5 Å². The molecule has 6 rings (SSSR count). The fraction of sp³-hybridized carbons (Fsp3) is 0.333. The molecule has 0 bridgehead atoms. The Morgan fingerprint density at radius 2 is 1.57 bits per heavy atom. The summed E-state index contributed by atoms with van der Waals surface area (Å²) in [5, 5.41) is 6.32. The number of rotatable bonds is 7. The van der Waals surface area contributed by atoms with Gasteiger partial charge >= 0.3 is 5.97 Å². The van der Waals surface area contributed by atoms with Crippen molar-refractivity contribution < 1.29 is 23.9 Å². The molecule has 0 radical (unpaired) electrons. The van der Waals surface area contributed by atoms with Gasteiger partial charge in [0.25, 0.3) is 11.8 Å². The number of anilines is 2. The number of nitrogens with two attached hydrogens (primary N) is 1. The number of ether oxygens (including phenoxy) is 1. The molecule has 3 aliphatic rings. The van der Waals surface area contributed by atoms with E-state index in [0.717, 1.165) is 31.5 Å². The molecule has 46 heavy (non-hydrogen) atoms. The molecule has 0 spiro atoms. The molecule has 4 N–H and O–H groups in total. The maximum atomic E-state index is 13.5. The van der Waals surface area contributed by atoms with Gasteiger partial charge in [-0.2, -0.15) is 0 Å². The van der Waals surface area contributed by atoms with Gasteiger partial charge in [0.05, 0.1) is 29.6 Å². The van der Waals surface area contributed by atoms with Gasteiger partial charge in [0, 0.05) is 29.9 Å². The molecule has 10 heteroatoms. The number of fused-ring (bicyclic) bond motifs is 1. The smallest absolute Gasteiger partial charge is 0.338 e. The first-order valence-corrected chi connectivity index (χ1v) is 15.8. The average molecular weight is 622 g/mol. The fourth-order valence-electron chi connectivity index (χ4n) is 6.93. The molecule has 0 saturated carbocycles. The van der Waals surface area contributed by atoms with E-state index in [1.165, 1.54) is 13.5 Å². The highest BCUT2D eigenvalue weighted by atomic mass is 16.5. The first kappa shape index (κ1) is 31.0. The number of carbonyl (C=O) groups is 4. The lowest BCUT2D eigenvalue weighted by Gasteiger charge is -2.48. The van der Waals surface area contributed by atoms with Crippen LogP contribution in [0.3, 0.4) is 0 Å². The fourth-order valence-corrected chi connectivity index (χ4v) is 6.93. The molecule has 2 fully saturated rings. The molecule has 0 aliphatic carbocycles. The molecule has 3 aromatic carbocycles. The Bertz CT molecular complexity index is 1700. The van der Waals surface area contributed by atoms with Crippen molar-refractivity contribution in [2.75, 3.05) is 43.9 Å². The van der Waals surface area contributed by atoms with Crippen molar-refractivity contribution in [1.29, 1.82) is 0 Å². The zero-order valence-electron chi connectivity index (χ0n) is 26.2. The minimum Gasteiger partial charge on any atom is -0.465 e. The van der Waals surface area contributed by atoms with Gasteiger partial charge in [0.15, 0.2) is 0 Å². The predicted molar refractivity (Wildman–Crippen MR) is 177 cm³/mol. The molecule has 3 aliphatic heterocycles. The van der Waals surface area contributed by atoms with E-state index in [1.807, 2.05) is 55.5 Å². The van der Waals surface area contributed by atoms with Crippen molar-refractivity contribution in [2.24, 2.45) is 5.73 Å². The third-order valence-electron chi connectivity index (χ3n) is 9.53. The molecule has 0 aromatic heterocycles. The van der Waals surface area contributed by atoms with Gasteiger partial charge in [-0.05, 0) is 93.2 Å². The Kier molecular flexibility index (Phi) is 8.64. The second-order valence-corrected chi connectivity index (χ2v) is 12.2. The maximum absolute atomic E-state index is 13.5. The highest BCUT2D eigenvalue weighted by Gasteiger charge is 2.45. The van der Waals surface area contributed by atoms with E-state index < -0.39 is 11.5 Å². The molecule has 0 atom stereocenters. The summed E-state index contributed by atoms with van der Waals surface area (Å²) in [6.45, 7) is 4.48. The molecule has 3 amide bonds. The number of aryl methyl sites for hydroxylation is 1. The van der Waals surface area contributed by atoms with Gasteiger partial charge in [0.1, 0.15) is 5.54 Å². The van der Waals surface area contributed by atoms with Crippen LogP contribution < -0.4 is 16.4 Å². The number of amides is 3. The number of hydrogen-bond donors (Lipinski definition) is 3. The van der Waals surface area contributed by atoms with Crippen molar-refractivity contribution >= 4 is 46.3 Å². The summed E-state index contributed by atoms with van der Waals surface area (Å²) in [5.41, 5.74) is 10.6. The van der Waals surface area contributed by atoms with E-state index in [0.29, 0.717) is 70.8 Å². The number of hydrogen-bond acceptors (Lipinski definition) is 7. The Hall–Kier alpha value is -4.96. The number of piperidine rings is 2. The standard InChI is InChI=1S/C36H39N5O5/c1-23-21-28-29(22-27(23)34(44)46-2)39-32(42)30(28)31(24-9-5-3-6-10-24)38-26-13-11-25(12-14-26)33(43)40-19-15-36(16-20-40,35(37)45)41-17-7-4-8-18-41/h3,5-6,9-14,21-22,38H,4,7-8,15-20H2,1-2H3,(H2,37,45)(H,39,42)/b31-30-. The molecule has 10 nitrogen and oxygen atoms in total. The van der Waals surface area contributed by atoms with Gasteiger partial charge in [0.2, 0.25) is 5.91 Å². The monoisotopic (exact) mass is 621 g/mol. The molecular weight excluding hydrogens is 582 g/mol. The van der Waals surface area contributed by atoms with Crippen molar-refractivity contribution in [3.63, 3.8) is 0 Å². The normalized spacial score (nSPS) is 18.7. The number of likely N-dealkylation sites (tertiary alicyclic amines) is 2. The second kappa shape index (κ2) is 12.8. The summed E-state index contributed by atoms with van der Waals surface area (Å²) in [5.74, 6) is -1.15. The van der Waals surface area contributed by atoms with Crippen LogP contribution in [0.5, 0.6) is 0 Å². The van der Waals surface area contributed by atoms with Crippen molar-refractivity contribution in [1.82, 2.24) is 9.80 Å². The topological polar surface area (TPSA) is 134 Å². The third kappa shape index (κ3) is 5.76. The summed E-state index contributed by atoms with van der Waals surface area (Å²) < 4.78 is 4.91. The summed E-state index contributed by atoms with van der Waals surface area (Å²) in [4.78, 5) is 55.9. The Morgan fingerprint density at radius 3 is 2.20 bits per heavy atom. The van der Waals surface area contributed by atoms with E-state index in [1.54, 1.807) is 23.1 Å². The van der Waals surface area contributed by atoms with Gasteiger partial charge < -0.3 is 26.0 Å². The lowest BCUT2D eigenvalue weighted by molar-refractivity contribution is -0.134. The predicted octanol–water partition coefficient (Wildman–Crippen LogP) is 4.66. The lowest BCUT2D eigenvalue weighted by atomic mass is 9.83. The van der Waals surface area contributed by atoms with E-state index in [4.69, 9.17) is 10.5 Å². The molecule has 2 saturated heterocycles. The number of benzene rings is 3. The second-order valence-electron chi connectivity index (χ2n) is 12.2. The number of carbonyl (C=O) groups excluding carboxylic acids is 4. The summed E-state index contributed by atoms with van der Waals surface area (Å²) in [6.07, 6.45) is 4.36. The zero-order valence-corrected chi connectivity index (χ0v) is 26.2. The van der Waals surface area contributed by atoms with Gasteiger partial charge in [-0.1, -0.05) is 36.8 Å². The van der Waals surface area contributed by atoms with E-state index in [-0.39, 0.29) is 17.7 Å². The first-order chi connectivity index (χ1) is 22.2. The summed E-state index contributed by atoms with van der Waals surface area (Å²) >= 11 is 0. The number of nitrogens with zero attached hydrogens (tertiary/aromatic N) is 2. The van der Waals surface area contributed by atoms with Gasteiger partial charge in [-0.25, -0.2) is 4.79 Å². The molecule has 0 unspecified atom stereocenters. The van der Waals surface area contributed by atoms with Crippen molar-refractivity contribution in [3.05, 3.63) is 94.5 Å². The minimum absolute atomic E-state index is 0.0918. The number of primary amides is 1. The Labute approximate surface area is 268 Å². The zero-order chi connectivity index (χ0) is 32.4. The minimum atomic E-state index is -0.684. The van der Waals surface area contributed by atoms with Crippen LogP contribution in [0.1, 0.15) is 69.5 Å². The quantitative estimate of drug-likeness (QED) is 0.258. The van der Waals surface area contributed by atoms with Gasteiger partial charge in [-0.15, -0.1) is 0 Å². The molecule has 3 heterocycles. The maximum Gasteiger partial charge on any atom is 0.338 e. The number of methoxy groups -OCH3 is 1. The van der Waals surface area contributed by atoms with Crippen LogP contribution in [-0.2, 0) is 14.3 Å². The van der Waals surface area contributed by atoms with E-state index in [9.17, 15) is 19.2 Å². The van der Waals surface area contributed by atoms with Crippen LogP contribution >= 0.6 is 0 Å². The summed E-state index contributed by atoms with van der Waals surface area (Å²) in [6, 6.07) is 20.2. The lowest BCUT2D eigenvalue weighted by Crippen LogP contribution is -2.63. The summed E-state index contributed by atoms with van der Waals surface area (Å²) in [7, 11) is 1.33. The highest BCUT2D eigenvalue weighted by Crippen LogP contribution is 2.39. The third-order valence-corrected chi connectivity index (χ3v) is 9.53. The van der Waals surface area contributed by atoms with Crippen LogP contribution in [0, 0.1) is 6.92 Å². The van der Waals surface area contributed by atoms with Crippen LogP contribution in [0.25, 0.3) is 11.3 Å². The molecule has 3 aromatic rings. The van der Waals surface area contributed by atoms with E-state index >= 15 is 0 Å². The average Bonchev–Trinajstić information content (AvgIpc) is 3.41. The van der Waals surface area contributed by atoms with Gasteiger partial charge in [-0.3, -0.25) is 19.3 Å². The van der Waals surface area contributed by atoms with Crippen LogP contribution in [0.4, 0.5) is 11.4 Å². The van der Waals surface area contributed by atoms with Crippen LogP contribution in [-0.4, -0.2) is 72.3 Å². The number of nitrogens with one attached hydrogen (secondary N) is 2.